The quantitative estimate of drug-likeness (QED) is 0.866. The second-order valence-corrected chi connectivity index (χ2v) is 4.16. The zero-order valence-corrected chi connectivity index (χ0v) is 9.72. The van der Waals surface area contributed by atoms with Crippen LogP contribution in [0.25, 0.3) is 11.4 Å². The average Bonchev–Trinajstić information content (AvgIpc) is 2.51. The lowest BCUT2D eigenvalue weighted by Gasteiger charge is -1.99. The van der Waals surface area contributed by atoms with E-state index >= 15 is 0 Å². The molecule has 1 aromatic heterocycles. The van der Waals surface area contributed by atoms with E-state index in [1.54, 1.807) is 0 Å². The van der Waals surface area contributed by atoms with Gasteiger partial charge in [0.15, 0.2) is 5.82 Å². The molecule has 0 saturated carbocycles. The van der Waals surface area contributed by atoms with Crippen LogP contribution in [0.1, 0.15) is 5.82 Å². The standard InChI is InChI=1S/C9H7BrClN3/c1-5-12-9(14-13-5)7-3-2-6(11)4-8(7)10/h2-4H,1H3,(H,12,13,14). The Morgan fingerprint density at radius 2 is 2.21 bits per heavy atom. The largest absolute Gasteiger partial charge is 0.263 e. The molecule has 0 aliphatic rings. The lowest BCUT2D eigenvalue weighted by molar-refractivity contribution is 1.04. The highest BCUT2D eigenvalue weighted by Gasteiger charge is 2.07. The number of aromatic amines is 1. The first-order chi connectivity index (χ1) is 6.66. The minimum absolute atomic E-state index is 0.672. The van der Waals surface area contributed by atoms with Gasteiger partial charge in [-0.05, 0) is 41.1 Å². The minimum Gasteiger partial charge on any atom is -0.263 e. The first-order valence-corrected chi connectivity index (χ1v) is 5.18. The molecule has 0 bridgehead atoms. The van der Waals surface area contributed by atoms with Gasteiger partial charge in [0.2, 0.25) is 0 Å². The van der Waals surface area contributed by atoms with E-state index in [2.05, 4.69) is 31.1 Å². The first-order valence-electron chi connectivity index (χ1n) is 4.01. The van der Waals surface area contributed by atoms with Crippen LogP contribution in [0.4, 0.5) is 0 Å². The maximum absolute atomic E-state index is 5.83. The first kappa shape index (κ1) is 9.68. The molecule has 0 radical (unpaired) electrons. The molecule has 2 aromatic rings. The van der Waals surface area contributed by atoms with Crippen molar-refractivity contribution in [2.45, 2.75) is 6.92 Å². The molecule has 0 atom stereocenters. The molecule has 0 unspecified atom stereocenters. The van der Waals surface area contributed by atoms with E-state index in [1.165, 1.54) is 0 Å². The number of halogens is 2. The number of aromatic nitrogens is 3. The fourth-order valence-electron chi connectivity index (χ4n) is 1.13. The third kappa shape index (κ3) is 1.81. The lowest BCUT2D eigenvalue weighted by Crippen LogP contribution is -1.82. The number of nitrogens with zero attached hydrogens (tertiary/aromatic N) is 2. The summed E-state index contributed by atoms with van der Waals surface area (Å²) in [5, 5.41) is 7.55. The van der Waals surface area contributed by atoms with Gasteiger partial charge in [-0.25, -0.2) is 4.98 Å². The van der Waals surface area contributed by atoms with Crippen LogP contribution in [-0.2, 0) is 0 Å². The van der Waals surface area contributed by atoms with Gasteiger partial charge in [0, 0.05) is 15.1 Å². The second-order valence-electron chi connectivity index (χ2n) is 2.87. The molecule has 0 aliphatic heterocycles. The summed E-state index contributed by atoms with van der Waals surface area (Å²) in [4.78, 5) is 4.23. The van der Waals surface area contributed by atoms with Gasteiger partial charge >= 0.3 is 0 Å². The molecule has 5 heteroatoms. The smallest absolute Gasteiger partial charge is 0.182 e. The van der Waals surface area contributed by atoms with E-state index in [4.69, 9.17) is 11.6 Å². The van der Waals surface area contributed by atoms with E-state index in [0.29, 0.717) is 10.8 Å². The van der Waals surface area contributed by atoms with Crippen LogP contribution in [0, 0.1) is 6.92 Å². The Labute approximate surface area is 94.6 Å². The molecule has 72 valence electrons. The lowest BCUT2D eigenvalue weighted by atomic mass is 10.2. The second kappa shape index (κ2) is 3.71. The summed E-state index contributed by atoms with van der Waals surface area (Å²) in [6.45, 7) is 1.86. The summed E-state index contributed by atoms with van der Waals surface area (Å²) in [5.41, 5.74) is 0.929. The van der Waals surface area contributed by atoms with Gasteiger partial charge in [-0.1, -0.05) is 11.6 Å². The Balaban J connectivity index is 2.52. The van der Waals surface area contributed by atoms with Crippen LogP contribution in [-0.4, -0.2) is 15.2 Å². The molecule has 0 amide bonds. The van der Waals surface area contributed by atoms with Crippen LogP contribution in [0.3, 0.4) is 0 Å². The van der Waals surface area contributed by atoms with Crippen LogP contribution < -0.4 is 0 Å². The van der Waals surface area contributed by atoms with Crippen molar-refractivity contribution in [3.05, 3.63) is 33.5 Å². The van der Waals surface area contributed by atoms with Crippen molar-refractivity contribution < 1.29 is 0 Å². The normalized spacial score (nSPS) is 10.5. The molecule has 3 nitrogen and oxygen atoms in total. The highest BCUT2D eigenvalue weighted by molar-refractivity contribution is 9.10. The van der Waals surface area contributed by atoms with Crippen molar-refractivity contribution in [2.24, 2.45) is 0 Å². The zero-order valence-electron chi connectivity index (χ0n) is 7.38. The molecule has 2 rings (SSSR count). The van der Waals surface area contributed by atoms with Crippen LogP contribution >= 0.6 is 27.5 Å². The van der Waals surface area contributed by atoms with E-state index in [0.717, 1.165) is 15.9 Å². The molecule has 0 aliphatic carbocycles. The van der Waals surface area contributed by atoms with Gasteiger partial charge in [-0.15, -0.1) is 0 Å². The molecule has 14 heavy (non-hydrogen) atoms. The Bertz CT molecular complexity index is 467. The number of benzene rings is 1. The summed E-state index contributed by atoms with van der Waals surface area (Å²) >= 11 is 9.25. The molecule has 0 spiro atoms. The summed E-state index contributed by atoms with van der Waals surface area (Å²) in [5.74, 6) is 1.47. The van der Waals surface area contributed by atoms with Gasteiger partial charge in [-0.3, -0.25) is 5.10 Å². The fraction of sp³-hybridized carbons (Fsp3) is 0.111. The Morgan fingerprint density at radius 1 is 1.43 bits per heavy atom. The van der Waals surface area contributed by atoms with Crippen molar-refractivity contribution in [3.63, 3.8) is 0 Å². The average molecular weight is 273 g/mol. The van der Waals surface area contributed by atoms with Crippen LogP contribution in [0.15, 0.2) is 22.7 Å². The van der Waals surface area contributed by atoms with Crippen LogP contribution in [0.2, 0.25) is 5.02 Å². The molecular formula is C9H7BrClN3. The Hall–Kier alpha value is -0.870. The van der Waals surface area contributed by atoms with Gasteiger partial charge in [0.1, 0.15) is 5.82 Å². The maximum Gasteiger partial charge on any atom is 0.182 e. The van der Waals surface area contributed by atoms with Crippen molar-refractivity contribution in [3.8, 4) is 11.4 Å². The van der Waals surface area contributed by atoms with Crippen molar-refractivity contribution >= 4 is 27.5 Å². The topological polar surface area (TPSA) is 41.6 Å². The molecule has 0 saturated heterocycles. The summed E-state index contributed by atoms with van der Waals surface area (Å²) in [7, 11) is 0. The third-order valence-electron chi connectivity index (χ3n) is 1.77. The van der Waals surface area contributed by atoms with Crippen molar-refractivity contribution in [1.82, 2.24) is 15.2 Å². The van der Waals surface area contributed by atoms with Crippen LogP contribution in [0.5, 0.6) is 0 Å². The number of nitrogens with one attached hydrogen (secondary N) is 1. The third-order valence-corrected chi connectivity index (χ3v) is 2.66. The van der Waals surface area contributed by atoms with Gasteiger partial charge in [0.25, 0.3) is 0 Å². The number of H-pyrrole nitrogens is 1. The summed E-state index contributed by atoms with van der Waals surface area (Å²) in [6, 6.07) is 5.52. The van der Waals surface area contributed by atoms with E-state index < -0.39 is 0 Å². The predicted molar refractivity (Wildman–Crippen MR) is 59.3 cm³/mol. The van der Waals surface area contributed by atoms with Gasteiger partial charge < -0.3 is 0 Å². The Kier molecular flexibility index (Phi) is 2.56. The number of hydrogen-bond acceptors (Lipinski definition) is 2. The number of aryl methyl sites for hydroxylation is 1. The summed E-state index contributed by atoms with van der Waals surface area (Å²) in [6.07, 6.45) is 0. The SMILES string of the molecule is Cc1nc(-c2ccc(Cl)cc2Br)n[nH]1. The van der Waals surface area contributed by atoms with Gasteiger partial charge in [0.05, 0.1) is 0 Å². The molecule has 1 aromatic carbocycles. The van der Waals surface area contributed by atoms with Crippen molar-refractivity contribution in [2.75, 3.05) is 0 Å². The van der Waals surface area contributed by atoms with E-state index in [9.17, 15) is 0 Å². The van der Waals surface area contributed by atoms with E-state index in [1.807, 2.05) is 25.1 Å². The molecule has 0 fully saturated rings. The molecular weight excluding hydrogens is 265 g/mol. The highest BCUT2D eigenvalue weighted by Crippen LogP contribution is 2.28. The number of rotatable bonds is 1. The Morgan fingerprint density at radius 3 is 2.79 bits per heavy atom. The number of hydrogen-bond donors (Lipinski definition) is 1. The monoisotopic (exact) mass is 271 g/mol. The highest BCUT2D eigenvalue weighted by atomic mass is 79.9. The molecule has 1 N–H and O–H groups in total. The predicted octanol–water partition coefficient (Wildman–Crippen LogP) is 3.20. The van der Waals surface area contributed by atoms with Crippen molar-refractivity contribution in [1.29, 1.82) is 0 Å². The zero-order chi connectivity index (χ0) is 10.1. The molecule has 1 heterocycles. The van der Waals surface area contributed by atoms with E-state index in [-0.39, 0.29) is 0 Å². The minimum atomic E-state index is 0.672. The summed E-state index contributed by atoms with van der Waals surface area (Å²) < 4.78 is 0.893. The fourth-order valence-corrected chi connectivity index (χ4v) is 1.99. The maximum atomic E-state index is 5.83. The van der Waals surface area contributed by atoms with Gasteiger partial charge in [-0.2, -0.15) is 5.10 Å².